The molecule has 2 aromatic rings. The molecule has 0 aliphatic rings. The predicted octanol–water partition coefficient (Wildman–Crippen LogP) is 2.15. The second-order valence-corrected chi connectivity index (χ2v) is 4.26. The first-order valence-corrected chi connectivity index (χ1v) is 6.11. The maximum Gasteiger partial charge on any atom is 0.265 e. The average Bonchev–Trinajstić information content (AvgIpc) is 2.49. The fourth-order valence-corrected chi connectivity index (χ4v) is 1.78. The fraction of sp³-hybridized carbons (Fsp3) is 0.133. The number of amides is 1. The molecule has 20 heavy (non-hydrogen) atoms. The molecular weight excluding hydrogens is 259 g/mol. The van der Waals surface area contributed by atoms with E-state index in [-0.39, 0.29) is 18.3 Å². The lowest BCUT2D eigenvalue weighted by Gasteiger charge is -2.07. The van der Waals surface area contributed by atoms with Crippen molar-refractivity contribution >= 4 is 5.91 Å². The lowest BCUT2D eigenvalue weighted by Crippen LogP contribution is -2.29. The number of ether oxygens (including phenoxy) is 1. The van der Waals surface area contributed by atoms with E-state index in [9.17, 15) is 9.18 Å². The number of hydrazine groups is 1. The number of rotatable bonds is 5. The lowest BCUT2D eigenvalue weighted by atomic mass is 10.1. The third kappa shape index (κ3) is 3.63. The van der Waals surface area contributed by atoms with Crippen molar-refractivity contribution in [2.45, 2.75) is 13.2 Å². The van der Waals surface area contributed by atoms with Gasteiger partial charge < -0.3 is 4.74 Å². The third-order valence-corrected chi connectivity index (χ3v) is 2.80. The van der Waals surface area contributed by atoms with E-state index in [4.69, 9.17) is 10.6 Å². The normalized spacial score (nSPS) is 10.3. The summed E-state index contributed by atoms with van der Waals surface area (Å²) in [7, 11) is 0. The minimum atomic E-state index is -0.360. The van der Waals surface area contributed by atoms with Gasteiger partial charge in [-0.25, -0.2) is 10.2 Å². The summed E-state index contributed by atoms with van der Waals surface area (Å²) in [6.07, 6.45) is 0. The summed E-state index contributed by atoms with van der Waals surface area (Å²) in [5.74, 6) is 4.43. The largest absolute Gasteiger partial charge is 0.372 e. The van der Waals surface area contributed by atoms with Crippen LogP contribution in [0.4, 0.5) is 4.39 Å². The maximum atomic E-state index is 13.4. The number of halogens is 1. The van der Waals surface area contributed by atoms with Gasteiger partial charge in [0.2, 0.25) is 0 Å². The average molecular weight is 274 g/mol. The van der Waals surface area contributed by atoms with E-state index in [0.29, 0.717) is 17.7 Å². The molecule has 0 spiro atoms. The first kappa shape index (κ1) is 14.2. The van der Waals surface area contributed by atoms with Crippen LogP contribution in [0.2, 0.25) is 0 Å². The molecule has 0 heterocycles. The van der Waals surface area contributed by atoms with Crippen LogP contribution < -0.4 is 11.3 Å². The van der Waals surface area contributed by atoms with Gasteiger partial charge >= 0.3 is 0 Å². The monoisotopic (exact) mass is 274 g/mol. The molecule has 0 bridgehead atoms. The minimum Gasteiger partial charge on any atom is -0.372 e. The molecule has 5 heteroatoms. The molecule has 0 atom stereocenters. The van der Waals surface area contributed by atoms with Crippen LogP contribution in [0.3, 0.4) is 0 Å². The molecule has 4 nitrogen and oxygen atoms in total. The first-order chi connectivity index (χ1) is 9.70. The number of nitrogens with two attached hydrogens (primary N) is 1. The summed E-state index contributed by atoms with van der Waals surface area (Å²) in [4.78, 5) is 11.4. The van der Waals surface area contributed by atoms with Gasteiger partial charge in [-0.15, -0.1) is 0 Å². The Bertz CT molecular complexity index is 602. The zero-order chi connectivity index (χ0) is 14.4. The number of nitrogens with one attached hydrogen (secondary N) is 1. The van der Waals surface area contributed by atoms with Crippen molar-refractivity contribution in [3.63, 3.8) is 0 Å². The van der Waals surface area contributed by atoms with Crippen LogP contribution in [0.5, 0.6) is 0 Å². The van der Waals surface area contributed by atoms with Gasteiger partial charge in [-0.3, -0.25) is 10.2 Å². The third-order valence-electron chi connectivity index (χ3n) is 2.80. The van der Waals surface area contributed by atoms with Crippen LogP contribution in [0.15, 0.2) is 48.5 Å². The molecule has 0 aromatic heterocycles. The van der Waals surface area contributed by atoms with E-state index >= 15 is 0 Å². The van der Waals surface area contributed by atoms with Gasteiger partial charge in [0, 0.05) is 11.1 Å². The summed E-state index contributed by atoms with van der Waals surface area (Å²) in [6, 6.07) is 13.4. The molecule has 0 radical (unpaired) electrons. The van der Waals surface area contributed by atoms with E-state index in [0.717, 1.165) is 5.56 Å². The number of hydrogen-bond donors (Lipinski definition) is 2. The van der Waals surface area contributed by atoms with Gasteiger partial charge in [0.25, 0.3) is 5.91 Å². The highest BCUT2D eigenvalue weighted by atomic mass is 19.1. The Kier molecular flexibility index (Phi) is 4.81. The summed E-state index contributed by atoms with van der Waals surface area (Å²) in [6.45, 7) is 0.472. The minimum absolute atomic E-state index is 0.181. The van der Waals surface area contributed by atoms with Crippen LogP contribution in [0.25, 0.3) is 0 Å². The Morgan fingerprint density at radius 3 is 2.70 bits per heavy atom. The van der Waals surface area contributed by atoms with Gasteiger partial charge in [-0.05, 0) is 23.8 Å². The SMILES string of the molecule is NNC(=O)c1cccc(COCc2ccccc2F)c1. The highest BCUT2D eigenvalue weighted by molar-refractivity contribution is 5.93. The second kappa shape index (κ2) is 6.79. The number of hydrogen-bond acceptors (Lipinski definition) is 3. The smallest absolute Gasteiger partial charge is 0.265 e. The van der Waals surface area contributed by atoms with E-state index in [2.05, 4.69) is 5.43 Å². The summed E-state index contributed by atoms with van der Waals surface area (Å²) < 4.78 is 18.8. The Balaban J connectivity index is 1.94. The van der Waals surface area contributed by atoms with Crippen molar-refractivity contribution in [3.8, 4) is 0 Å². The van der Waals surface area contributed by atoms with Crippen LogP contribution >= 0.6 is 0 Å². The van der Waals surface area contributed by atoms with E-state index in [1.165, 1.54) is 6.07 Å². The highest BCUT2D eigenvalue weighted by Crippen LogP contribution is 2.11. The Morgan fingerprint density at radius 1 is 1.15 bits per heavy atom. The molecule has 2 rings (SSSR count). The maximum absolute atomic E-state index is 13.4. The van der Waals surface area contributed by atoms with Crippen molar-refractivity contribution in [3.05, 3.63) is 71.0 Å². The zero-order valence-electron chi connectivity index (χ0n) is 10.8. The standard InChI is InChI=1S/C15H15FN2O2/c16-14-7-2-1-5-13(14)10-20-9-11-4-3-6-12(8-11)15(19)18-17/h1-8H,9-10,17H2,(H,18,19). The number of carbonyl (C=O) groups is 1. The van der Waals surface area contributed by atoms with Gasteiger partial charge in [-0.1, -0.05) is 30.3 Å². The first-order valence-electron chi connectivity index (χ1n) is 6.11. The molecular formula is C15H15FN2O2. The van der Waals surface area contributed by atoms with E-state index < -0.39 is 0 Å². The zero-order valence-corrected chi connectivity index (χ0v) is 10.8. The highest BCUT2D eigenvalue weighted by Gasteiger charge is 2.05. The van der Waals surface area contributed by atoms with E-state index in [1.54, 1.807) is 36.4 Å². The number of benzene rings is 2. The van der Waals surface area contributed by atoms with Crippen molar-refractivity contribution in [1.82, 2.24) is 5.43 Å². The van der Waals surface area contributed by atoms with Crippen molar-refractivity contribution in [2.75, 3.05) is 0 Å². The molecule has 104 valence electrons. The molecule has 0 aliphatic carbocycles. The molecule has 0 unspecified atom stereocenters. The Morgan fingerprint density at radius 2 is 1.95 bits per heavy atom. The van der Waals surface area contributed by atoms with Crippen LogP contribution in [-0.4, -0.2) is 5.91 Å². The molecule has 0 aliphatic heterocycles. The van der Waals surface area contributed by atoms with Crippen molar-refractivity contribution in [2.24, 2.45) is 5.84 Å². The molecule has 0 saturated heterocycles. The summed E-state index contributed by atoms with van der Waals surface area (Å²) in [5.41, 5.74) is 3.85. The van der Waals surface area contributed by atoms with Gasteiger partial charge in [-0.2, -0.15) is 0 Å². The van der Waals surface area contributed by atoms with Gasteiger partial charge in [0.05, 0.1) is 13.2 Å². The fourth-order valence-electron chi connectivity index (χ4n) is 1.78. The van der Waals surface area contributed by atoms with Crippen LogP contribution in [0.1, 0.15) is 21.5 Å². The molecule has 3 N–H and O–H groups in total. The number of nitrogen functional groups attached to an aromatic ring is 1. The number of carbonyl (C=O) groups excluding carboxylic acids is 1. The van der Waals surface area contributed by atoms with Gasteiger partial charge in [0.15, 0.2) is 0 Å². The molecule has 1 amide bonds. The topological polar surface area (TPSA) is 64.3 Å². The van der Waals surface area contributed by atoms with Crippen molar-refractivity contribution < 1.29 is 13.9 Å². The molecule has 0 saturated carbocycles. The van der Waals surface area contributed by atoms with Gasteiger partial charge in [0.1, 0.15) is 5.82 Å². The Hall–Kier alpha value is -2.24. The Labute approximate surface area is 116 Å². The second-order valence-electron chi connectivity index (χ2n) is 4.26. The van der Waals surface area contributed by atoms with Crippen LogP contribution in [0, 0.1) is 5.82 Å². The predicted molar refractivity (Wildman–Crippen MR) is 73.0 cm³/mol. The molecule has 2 aromatic carbocycles. The van der Waals surface area contributed by atoms with Crippen molar-refractivity contribution in [1.29, 1.82) is 0 Å². The quantitative estimate of drug-likeness (QED) is 0.499. The van der Waals surface area contributed by atoms with Crippen LogP contribution in [-0.2, 0) is 18.0 Å². The lowest BCUT2D eigenvalue weighted by molar-refractivity contribution is 0.0951. The summed E-state index contributed by atoms with van der Waals surface area (Å²) >= 11 is 0. The summed E-state index contributed by atoms with van der Waals surface area (Å²) in [5, 5.41) is 0. The van der Waals surface area contributed by atoms with E-state index in [1.807, 2.05) is 6.07 Å². The molecule has 0 fully saturated rings.